The molecule has 0 bridgehead atoms. The van der Waals surface area contributed by atoms with Crippen molar-refractivity contribution in [2.75, 3.05) is 0 Å². The Balaban J connectivity index is 0.000000542. The minimum Gasteiger partial charge on any atom is -0.507 e. The summed E-state index contributed by atoms with van der Waals surface area (Å²) in [5.74, 6) is -0.0252. The van der Waals surface area contributed by atoms with Gasteiger partial charge >= 0.3 is 51.4 Å². The van der Waals surface area contributed by atoms with E-state index in [1.54, 1.807) is 30.3 Å². The molecule has 0 heterocycles. The van der Waals surface area contributed by atoms with Gasteiger partial charge in [-0.3, -0.25) is 4.79 Å². The number of phenols is 1. The Bertz CT molecular complexity index is 901. The molecule has 27 heavy (non-hydrogen) atoms. The Morgan fingerprint density at radius 3 is 2.26 bits per heavy atom. The first kappa shape index (κ1) is 23.7. The van der Waals surface area contributed by atoms with Crippen LogP contribution in [0.25, 0.3) is 21.9 Å². The van der Waals surface area contributed by atoms with Gasteiger partial charge in [0.05, 0.1) is 11.8 Å². The van der Waals surface area contributed by atoms with E-state index in [4.69, 9.17) is 0 Å². The van der Waals surface area contributed by atoms with E-state index in [0.717, 1.165) is 29.4 Å². The van der Waals surface area contributed by atoms with Gasteiger partial charge in [0.25, 0.3) is 0 Å². The smallest absolute Gasteiger partial charge is 0.507 e. The molecule has 134 valence electrons. The number of aromatic hydroxyl groups is 1. The van der Waals surface area contributed by atoms with Crippen molar-refractivity contribution in [3.8, 4) is 16.9 Å². The van der Waals surface area contributed by atoms with E-state index in [-0.39, 0.29) is 62.7 Å². The van der Waals surface area contributed by atoms with Crippen LogP contribution in [-0.2, 0) is 4.79 Å². The molecule has 0 spiro atoms. The number of hydrogen-bond acceptors (Lipinski definition) is 3. The predicted octanol–water partition coefficient (Wildman–Crippen LogP) is 2.31. The van der Waals surface area contributed by atoms with E-state index in [1.165, 1.54) is 12.5 Å². The Labute approximate surface area is 203 Å². The van der Waals surface area contributed by atoms with E-state index in [2.05, 4.69) is 13.8 Å². The van der Waals surface area contributed by atoms with E-state index >= 15 is 0 Å². The van der Waals surface area contributed by atoms with Crippen molar-refractivity contribution in [2.24, 2.45) is 0 Å². The third kappa shape index (κ3) is 6.37. The van der Waals surface area contributed by atoms with Crippen LogP contribution in [0.2, 0.25) is 0 Å². The van der Waals surface area contributed by atoms with Crippen LogP contribution in [0, 0.1) is 13.8 Å². The number of carbonyl (C=O) groups excluding carboxylic acids is 2. The van der Waals surface area contributed by atoms with Crippen molar-refractivity contribution in [1.82, 2.24) is 0 Å². The molecular weight excluding hydrogens is 363 g/mol. The van der Waals surface area contributed by atoms with E-state index in [1.807, 2.05) is 24.5 Å². The number of carbonyl (C=O) groups is 1. The molecule has 3 nitrogen and oxygen atoms in total. The summed E-state index contributed by atoms with van der Waals surface area (Å²) in [6.45, 7) is 7.27. The first-order valence-electron chi connectivity index (χ1n) is 8.42. The molecule has 0 unspecified atom stereocenters. The quantitative estimate of drug-likeness (QED) is 0.417. The van der Waals surface area contributed by atoms with Crippen LogP contribution in [0.5, 0.6) is 5.75 Å². The van der Waals surface area contributed by atoms with Gasteiger partial charge in [-0.1, -0.05) is 29.8 Å². The monoisotopic (exact) mass is 384 g/mol. The third-order valence-electron chi connectivity index (χ3n) is 3.97. The van der Waals surface area contributed by atoms with Crippen LogP contribution in [0.15, 0.2) is 54.6 Å². The standard InChI is InChI=1S/C18H11O3.C5H10.K/c19-10-12-2-1-3-13(8-12)14-4-6-16-15(9-14)5-7-18(21)17(16)11-20;1-3-5-4-2;/h1-9,11,21H;1-5H2;/q-1;-2;+1. The van der Waals surface area contributed by atoms with Crippen LogP contribution >= 0.6 is 0 Å². The van der Waals surface area contributed by atoms with E-state index < -0.39 is 0 Å². The Morgan fingerprint density at radius 2 is 1.67 bits per heavy atom. The number of rotatable bonds is 5. The van der Waals surface area contributed by atoms with Gasteiger partial charge in [-0.25, -0.2) is 0 Å². The molecule has 4 heteroatoms. The minimum atomic E-state index is -0.0252. The van der Waals surface area contributed by atoms with Crippen molar-refractivity contribution >= 4 is 23.3 Å². The van der Waals surface area contributed by atoms with Crippen LogP contribution in [-0.4, -0.2) is 17.7 Å². The normalized spacial score (nSPS) is 9.70. The van der Waals surface area contributed by atoms with Crippen molar-refractivity contribution in [2.45, 2.75) is 19.3 Å². The molecule has 3 aromatic rings. The average molecular weight is 385 g/mol. The van der Waals surface area contributed by atoms with Crippen LogP contribution in [0.1, 0.15) is 35.2 Å². The summed E-state index contributed by atoms with van der Waals surface area (Å²) < 4.78 is 0. The topological polar surface area (TPSA) is 54.4 Å². The molecular formula is C23H21KO3-2. The Hall–Kier alpha value is -1.30. The number of aldehydes is 1. The van der Waals surface area contributed by atoms with E-state index in [0.29, 0.717) is 17.2 Å². The van der Waals surface area contributed by atoms with Crippen LogP contribution < -0.4 is 51.4 Å². The van der Waals surface area contributed by atoms with Gasteiger partial charge in [0.1, 0.15) is 5.75 Å². The van der Waals surface area contributed by atoms with Crippen molar-refractivity contribution < 1.29 is 66.1 Å². The molecule has 0 amide bonds. The zero-order valence-electron chi connectivity index (χ0n) is 15.6. The molecule has 3 aromatic carbocycles. The summed E-state index contributed by atoms with van der Waals surface area (Å²) in [6, 6.07) is 16.0. The van der Waals surface area contributed by atoms with Crippen molar-refractivity contribution in [3.05, 3.63) is 79.6 Å². The molecule has 0 aromatic heterocycles. The Morgan fingerprint density at radius 1 is 0.963 bits per heavy atom. The largest absolute Gasteiger partial charge is 1.00 e. The minimum absolute atomic E-state index is 0. The summed E-state index contributed by atoms with van der Waals surface area (Å²) in [4.78, 5) is 21.8. The second-order valence-corrected chi connectivity index (χ2v) is 5.80. The van der Waals surface area contributed by atoms with Gasteiger partial charge < -0.3 is 23.7 Å². The van der Waals surface area contributed by atoms with Gasteiger partial charge in [0.15, 0.2) is 6.29 Å². The second-order valence-electron chi connectivity index (χ2n) is 5.80. The summed E-state index contributed by atoms with van der Waals surface area (Å²) in [7, 11) is 0. The molecule has 0 aliphatic rings. The molecule has 0 fully saturated rings. The molecule has 3 rings (SSSR count). The number of phenolic OH excluding ortho intramolecular Hbond substituents is 1. The number of hydrogen-bond donors (Lipinski definition) is 1. The van der Waals surface area contributed by atoms with E-state index in [9.17, 15) is 14.7 Å². The van der Waals surface area contributed by atoms with Gasteiger partial charge in [0.2, 0.25) is 0 Å². The molecule has 1 N–H and O–H groups in total. The molecule has 0 atom stereocenters. The first-order chi connectivity index (χ1) is 12.6. The zero-order valence-corrected chi connectivity index (χ0v) is 18.7. The van der Waals surface area contributed by atoms with Gasteiger partial charge in [0, 0.05) is 0 Å². The number of unbranched alkanes of at least 4 members (excludes halogenated alkanes) is 2. The van der Waals surface area contributed by atoms with Crippen LogP contribution in [0.3, 0.4) is 0 Å². The number of benzene rings is 3. The summed E-state index contributed by atoms with van der Waals surface area (Å²) in [6.07, 6.45) is 5.75. The van der Waals surface area contributed by atoms with Crippen LogP contribution in [0.4, 0.5) is 0 Å². The summed E-state index contributed by atoms with van der Waals surface area (Å²) in [5, 5.41) is 11.2. The first-order valence-corrected chi connectivity index (χ1v) is 8.42. The molecule has 0 aliphatic heterocycles. The fourth-order valence-electron chi connectivity index (χ4n) is 2.58. The fourth-order valence-corrected chi connectivity index (χ4v) is 2.58. The van der Waals surface area contributed by atoms with Gasteiger partial charge in [-0.05, 0) is 28.5 Å². The SMILES string of the molecule is O=[C-]c1cccc(-c2ccc3c(C=O)c(O)ccc3c2)c1.[CH2-]CCC[CH2-].[K+]. The fraction of sp³-hybridized carbons (Fsp3) is 0.130. The Kier molecular flexibility index (Phi) is 10.7. The zero-order chi connectivity index (χ0) is 18.9. The predicted molar refractivity (Wildman–Crippen MR) is 106 cm³/mol. The molecule has 0 radical (unpaired) electrons. The number of fused-ring (bicyclic) bond motifs is 1. The third-order valence-corrected chi connectivity index (χ3v) is 3.97. The molecule has 0 saturated heterocycles. The second kappa shape index (κ2) is 12.2. The molecule has 0 aliphatic carbocycles. The summed E-state index contributed by atoms with van der Waals surface area (Å²) in [5.41, 5.74) is 2.61. The maximum absolute atomic E-state index is 11.1. The average Bonchev–Trinajstić information content (AvgIpc) is 2.69. The summed E-state index contributed by atoms with van der Waals surface area (Å²) >= 11 is 0. The maximum atomic E-state index is 11.1. The van der Waals surface area contributed by atoms with Crippen molar-refractivity contribution in [1.29, 1.82) is 0 Å². The van der Waals surface area contributed by atoms with Gasteiger partial charge in [-0.15, -0.1) is 12.5 Å². The van der Waals surface area contributed by atoms with Crippen molar-refractivity contribution in [3.63, 3.8) is 0 Å². The maximum Gasteiger partial charge on any atom is 1.00 e. The van der Waals surface area contributed by atoms with Gasteiger partial charge in [-0.2, -0.15) is 30.5 Å². The molecule has 0 saturated carbocycles.